The van der Waals surface area contributed by atoms with Crippen LogP contribution in [-0.4, -0.2) is 17.5 Å². The van der Waals surface area contributed by atoms with E-state index >= 15 is 0 Å². The minimum atomic E-state index is -0.262. The minimum absolute atomic E-state index is 0.0337. The Morgan fingerprint density at radius 3 is 2.95 bits per heavy atom. The maximum Gasteiger partial charge on any atom is 0.257 e. The summed E-state index contributed by atoms with van der Waals surface area (Å²) >= 11 is 3.21. The third kappa shape index (κ3) is 3.80. The van der Waals surface area contributed by atoms with Crippen LogP contribution in [0.3, 0.4) is 0 Å². The van der Waals surface area contributed by atoms with Gasteiger partial charge in [0.2, 0.25) is 0 Å². The molecule has 0 saturated heterocycles. The Labute approximate surface area is 124 Å². The van der Waals surface area contributed by atoms with Gasteiger partial charge in [0.15, 0.2) is 6.61 Å². The standard InChI is InChI=1S/C14H10BrN3O2/c15-13-5-4-10(9-17-13)14(19)18-11-2-1-3-12(8-11)20-7-6-16/h1-5,8-9H,7H2,(H,18,19). The van der Waals surface area contributed by atoms with Crippen molar-refractivity contribution in [2.45, 2.75) is 0 Å². The van der Waals surface area contributed by atoms with Gasteiger partial charge in [-0.15, -0.1) is 0 Å². The zero-order valence-corrected chi connectivity index (χ0v) is 11.9. The summed E-state index contributed by atoms with van der Waals surface area (Å²) in [6.45, 7) is -0.0337. The van der Waals surface area contributed by atoms with Crippen LogP contribution in [0.2, 0.25) is 0 Å². The highest BCUT2D eigenvalue weighted by Crippen LogP contribution is 2.18. The van der Waals surface area contributed by atoms with Gasteiger partial charge >= 0.3 is 0 Å². The first-order chi connectivity index (χ1) is 9.69. The van der Waals surface area contributed by atoms with Gasteiger partial charge in [0.25, 0.3) is 5.91 Å². The highest BCUT2D eigenvalue weighted by Gasteiger charge is 2.07. The maximum absolute atomic E-state index is 12.0. The van der Waals surface area contributed by atoms with E-state index < -0.39 is 0 Å². The molecule has 0 bridgehead atoms. The summed E-state index contributed by atoms with van der Waals surface area (Å²) < 4.78 is 5.84. The number of rotatable bonds is 4. The third-order valence-electron chi connectivity index (χ3n) is 2.38. The van der Waals surface area contributed by atoms with E-state index in [4.69, 9.17) is 10.00 Å². The summed E-state index contributed by atoms with van der Waals surface area (Å²) in [7, 11) is 0. The Balaban J connectivity index is 2.07. The summed E-state index contributed by atoms with van der Waals surface area (Å²) in [4.78, 5) is 16.0. The van der Waals surface area contributed by atoms with Gasteiger partial charge in [-0.25, -0.2) is 4.98 Å². The zero-order valence-electron chi connectivity index (χ0n) is 10.3. The van der Waals surface area contributed by atoms with Gasteiger partial charge in [0, 0.05) is 18.0 Å². The van der Waals surface area contributed by atoms with Crippen LogP contribution in [0.5, 0.6) is 5.75 Å². The van der Waals surface area contributed by atoms with Crippen molar-refractivity contribution in [1.82, 2.24) is 4.98 Å². The molecule has 0 radical (unpaired) electrons. The number of carbonyl (C=O) groups excluding carboxylic acids is 1. The van der Waals surface area contributed by atoms with Gasteiger partial charge in [-0.1, -0.05) is 6.07 Å². The first kappa shape index (κ1) is 14.0. The second-order valence-corrected chi connectivity index (χ2v) is 4.61. The van der Waals surface area contributed by atoms with Gasteiger partial charge in [-0.05, 0) is 40.2 Å². The fraction of sp³-hybridized carbons (Fsp3) is 0.0714. The van der Waals surface area contributed by atoms with Crippen LogP contribution >= 0.6 is 15.9 Å². The van der Waals surface area contributed by atoms with Crippen LogP contribution in [0, 0.1) is 11.3 Å². The minimum Gasteiger partial charge on any atom is -0.479 e. The average Bonchev–Trinajstić information content (AvgIpc) is 2.46. The lowest BCUT2D eigenvalue weighted by molar-refractivity contribution is 0.102. The second kappa shape index (κ2) is 6.68. The Bertz CT molecular complexity index is 650. The number of pyridine rings is 1. The lowest BCUT2D eigenvalue weighted by Gasteiger charge is -2.07. The van der Waals surface area contributed by atoms with Gasteiger partial charge in [-0.3, -0.25) is 4.79 Å². The molecule has 5 nitrogen and oxygen atoms in total. The van der Waals surface area contributed by atoms with Gasteiger partial charge in [-0.2, -0.15) is 5.26 Å². The van der Waals surface area contributed by atoms with Crippen LogP contribution in [0.1, 0.15) is 10.4 Å². The topological polar surface area (TPSA) is 75.0 Å². The van der Waals surface area contributed by atoms with Crippen molar-refractivity contribution in [2.24, 2.45) is 0 Å². The number of nitrogens with zero attached hydrogens (tertiary/aromatic N) is 2. The van der Waals surface area contributed by atoms with Crippen molar-refractivity contribution in [3.8, 4) is 11.8 Å². The summed E-state index contributed by atoms with van der Waals surface area (Å²) in [5.74, 6) is 0.265. The van der Waals surface area contributed by atoms with Crippen molar-refractivity contribution in [3.63, 3.8) is 0 Å². The largest absolute Gasteiger partial charge is 0.479 e. The molecule has 0 fully saturated rings. The van der Waals surface area contributed by atoms with Gasteiger partial charge in [0.1, 0.15) is 16.4 Å². The number of amides is 1. The quantitative estimate of drug-likeness (QED) is 0.874. The molecule has 2 rings (SSSR count). The molecule has 0 spiro atoms. The highest BCUT2D eigenvalue weighted by atomic mass is 79.9. The summed E-state index contributed by atoms with van der Waals surface area (Å²) in [6, 6.07) is 12.1. The zero-order chi connectivity index (χ0) is 14.4. The van der Waals surface area contributed by atoms with E-state index in [2.05, 4.69) is 26.2 Å². The number of benzene rings is 1. The van der Waals surface area contributed by atoms with E-state index in [0.29, 0.717) is 21.6 Å². The number of nitriles is 1. The average molecular weight is 332 g/mol. The van der Waals surface area contributed by atoms with Crippen LogP contribution < -0.4 is 10.1 Å². The molecule has 20 heavy (non-hydrogen) atoms. The highest BCUT2D eigenvalue weighted by molar-refractivity contribution is 9.10. The Morgan fingerprint density at radius 1 is 1.40 bits per heavy atom. The molecule has 1 amide bonds. The lowest BCUT2D eigenvalue weighted by atomic mass is 10.2. The SMILES string of the molecule is N#CCOc1cccc(NC(=O)c2ccc(Br)nc2)c1. The van der Waals surface area contributed by atoms with E-state index in [9.17, 15) is 4.79 Å². The number of hydrogen-bond donors (Lipinski definition) is 1. The third-order valence-corrected chi connectivity index (χ3v) is 2.85. The molecule has 0 aliphatic carbocycles. The van der Waals surface area contributed by atoms with E-state index in [0.717, 1.165) is 0 Å². The summed E-state index contributed by atoms with van der Waals surface area (Å²) in [5, 5.41) is 11.2. The Hall–Kier alpha value is -2.39. The molecule has 1 N–H and O–H groups in total. The van der Waals surface area contributed by atoms with Crippen molar-refractivity contribution >= 4 is 27.5 Å². The molecule has 0 aliphatic heterocycles. The van der Waals surface area contributed by atoms with Crippen LogP contribution in [0.25, 0.3) is 0 Å². The molecule has 2 aromatic rings. The molecular weight excluding hydrogens is 322 g/mol. The second-order valence-electron chi connectivity index (χ2n) is 3.80. The molecule has 1 heterocycles. The van der Waals surface area contributed by atoms with E-state index in [-0.39, 0.29) is 12.5 Å². The normalized spacial score (nSPS) is 9.60. The molecule has 1 aromatic carbocycles. The van der Waals surface area contributed by atoms with Crippen molar-refractivity contribution in [2.75, 3.05) is 11.9 Å². The smallest absolute Gasteiger partial charge is 0.257 e. The van der Waals surface area contributed by atoms with Gasteiger partial charge in [0.05, 0.1) is 5.56 Å². The van der Waals surface area contributed by atoms with Crippen molar-refractivity contribution in [3.05, 3.63) is 52.8 Å². The Kier molecular flexibility index (Phi) is 4.69. The molecule has 0 aliphatic rings. The number of anilines is 1. The molecule has 100 valence electrons. The Morgan fingerprint density at radius 2 is 2.25 bits per heavy atom. The number of aromatic nitrogens is 1. The van der Waals surface area contributed by atoms with Crippen LogP contribution in [0.4, 0.5) is 5.69 Å². The van der Waals surface area contributed by atoms with Crippen molar-refractivity contribution in [1.29, 1.82) is 5.26 Å². The monoisotopic (exact) mass is 331 g/mol. The summed E-state index contributed by atoms with van der Waals surface area (Å²) in [5.41, 5.74) is 1.05. The first-order valence-corrected chi connectivity index (χ1v) is 6.51. The van der Waals surface area contributed by atoms with Gasteiger partial charge < -0.3 is 10.1 Å². The number of halogens is 1. The van der Waals surface area contributed by atoms with Crippen LogP contribution in [-0.2, 0) is 0 Å². The van der Waals surface area contributed by atoms with E-state index in [1.165, 1.54) is 6.20 Å². The maximum atomic E-state index is 12.0. The number of carbonyl (C=O) groups is 1. The lowest BCUT2D eigenvalue weighted by Crippen LogP contribution is -2.12. The molecular formula is C14H10BrN3O2. The molecule has 1 aromatic heterocycles. The predicted molar refractivity (Wildman–Crippen MR) is 77.4 cm³/mol. The molecule has 6 heteroatoms. The van der Waals surface area contributed by atoms with Crippen molar-refractivity contribution < 1.29 is 9.53 Å². The van der Waals surface area contributed by atoms with Crippen LogP contribution in [0.15, 0.2) is 47.2 Å². The summed E-state index contributed by atoms with van der Waals surface area (Å²) in [6.07, 6.45) is 1.48. The molecule has 0 atom stereocenters. The fourth-order valence-electron chi connectivity index (χ4n) is 1.49. The fourth-order valence-corrected chi connectivity index (χ4v) is 1.73. The first-order valence-electron chi connectivity index (χ1n) is 5.72. The predicted octanol–water partition coefficient (Wildman–Crippen LogP) is 3.00. The number of nitrogens with one attached hydrogen (secondary N) is 1. The molecule has 0 saturated carbocycles. The molecule has 0 unspecified atom stereocenters. The van der Waals surface area contributed by atoms with E-state index in [1.54, 1.807) is 36.4 Å². The number of hydrogen-bond acceptors (Lipinski definition) is 4. The number of ether oxygens (including phenoxy) is 1. The van der Waals surface area contributed by atoms with E-state index in [1.807, 2.05) is 6.07 Å².